The number of thiazole rings is 1. The van der Waals surface area contributed by atoms with E-state index in [2.05, 4.69) is 22.4 Å². The molecule has 0 atom stereocenters. The molecular formula is C15H15N3S. The van der Waals surface area contributed by atoms with Gasteiger partial charge in [0, 0.05) is 6.54 Å². The topological polar surface area (TPSA) is 50.9 Å². The Morgan fingerprint density at radius 2 is 2.00 bits per heavy atom. The Kier molecular flexibility index (Phi) is 3.09. The minimum atomic E-state index is 0.764. The van der Waals surface area contributed by atoms with E-state index in [0.29, 0.717) is 0 Å². The molecule has 3 N–H and O–H groups in total. The van der Waals surface area contributed by atoms with E-state index in [1.807, 2.05) is 37.3 Å². The molecule has 19 heavy (non-hydrogen) atoms. The van der Waals surface area contributed by atoms with E-state index >= 15 is 0 Å². The van der Waals surface area contributed by atoms with Crippen LogP contribution in [0.15, 0.2) is 42.5 Å². The molecule has 3 rings (SSSR count). The van der Waals surface area contributed by atoms with Gasteiger partial charge in [-0.05, 0) is 24.6 Å². The second kappa shape index (κ2) is 4.90. The fraction of sp³-hybridized carbons (Fsp3) is 0.133. The highest BCUT2D eigenvalue weighted by Crippen LogP contribution is 2.29. The Bertz CT molecular complexity index is 704. The number of hydrogen-bond acceptors (Lipinski definition) is 4. The molecule has 0 saturated heterocycles. The van der Waals surface area contributed by atoms with Crippen LogP contribution in [-0.2, 0) is 6.54 Å². The molecule has 0 aliphatic carbocycles. The first-order valence-electron chi connectivity index (χ1n) is 6.17. The maximum Gasteiger partial charge on any atom is 0.0907 e. The Morgan fingerprint density at radius 3 is 2.79 bits per heavy atom. The summed E-state index contributed by atoms with van der Waals surface area (Å²) in [6.45, 7) is 2.78. The van der Waals surface area contributed by atoms with Crippen molar-refractivity contribution in [1.29, 1.82) is 0 Å². The predicted molar refractivity (Wildman–Crippen MR) is 82.5 cm³/mol. The minimum absolute atomic E-state index is 0.764. The average Bonchev–Trinajstić information content (AvgIpc) is 2.76. The van der Waals surface area contributed by atoms with Crippen molar-refractivity contribution in [2.45, 2.75) is 13.5 Å². The maximum absolute atomic E-state index is 6.08. The number of nitrogen functional groups attached to an aromatic ring is 1. The second-order valence-corrected chi connectivity index (χ2v) is 5.71. The molecule has 0 spiro atoms. The van der Waals surface area contributed by atoms with Crippen LogP contribution in [0.25, 0.3) is 10.2 Å². The molecule has 4 heteroatoms. The van der Waals surface area contributed by atoms with Crippen LogP contribution in [-0.4, -0.2) is 4.98 Å². The van der Waals surface area contributed by atoms with E-state index < -0.39 is 0 Å². The van der Waals surface area contributed by atoms with Gasteiger partial charge in [-0.15, -0.1) is 11.3 Å². The van der Waals surface area contributed by atoms with Crippen molar-refractivity contribution in [3.05, 3.63) is 53.0 Å². The maximum atomic E-state index is 6.08. The Morgan fingerprint density at radius 1 is 1.21 bits per heavy atom. The van der Waals surface area contributed by atoms with Crippen LogP contribution in [0, 0.1) is 6.92 Å². The highest BCUT2D eigenvalue weighted by atomic mass is 32.1. The zero-order chi connectivity index (χ0) is 13.2. The fourth-order valence-corrected chi connectivity index (χ4v) is 2.91. The zero-order valence-electron chi connectivity index (χ0n) is 10.7. The molecule has 1 heterocycles. The lowest BCUT2D eigenvalue weighted by atomic mass is 10.2. The lowest BCUT2D eigenvalue weighted by Gasteiger charge is -2.09. The second-order valence-electron chi connectivity index (χ2n) is 4.48. The minimum Gasteiger partial charge on any atom is -0.397 e. The highest BCUT2D eigenvalue weighted by molar-refractivity contribution is 7.18. The van der Waals surface area contributed by atoms with E-state index in [4.69, 9.17) is 5.73 Å². The van der Waals surface area contributed by atoms with Gasteiger partial charge in [0.1, 0.15) is 0 Å². The predicted octanol–water partition coefficient (Wildman–Crippen LogP) is 3.80. The van der Waals surface area contributed by atoms with Gasteiger partial charge < -0.3 is 11.1 Å². The van der Waals surface area contributed by atoms with E-state index in [-0.39, 0.29) is 0 Å². The van der Waals surface area contributed by atoms with Crippen LogP contribution in [0.1, 0.15) is 10.6 Å². The number of aromatic nitrogens is 1. The van der Waals surface area contributed by atoms with Crippen molar-refractivity contribution in [2.75, 3.05) is 11.1 Å². The lowest BCUT2D eigenvalue weighted by molar-refractivity contribution is 1.15. The molecule has 2 aromatic carbocycles. The van der Waals surface area contributed by atoms with Gasteiger partial charge in [0.25, 0.3) is 0 Å². The van der Waals surface area contributed by atoms with Crippen LogP contribution in [0.5, 0.6) is 0 Å². The first-order chi connectivity index (χ1) is 9.22. The third-order valence-electron chi connectivity index (χ3n) is 2.99. The molecule has 0 aliphatic heterocycles. The first-order valence-corrected chi connectivity index (χ1v) is 6.98. The number of rotatable bonds is 3. The van der Waals surface area contributed by atoms with Crippen molar-refractivity contribution < 1.29 is 0 Å². The summed E-state index contributed by atoms with van der Waals surface area (Å²) in [5.41, 5.74) is 10.0. The van der Waals surface area contributed by atoms with Crippen LogP contribution < -0.4 is 11.1 Å². The number of nitrogens with zero attached hydrogens (tertiary/aromatic N) is 1. The Hall–Kier alpha value is -2.07. The quantitative estimate of drug-likeness (QED) is 0.711. The molecule has 0 aliphatic rings. The molecule has 0 unspecified atom stereocenters. The van der Waals surface area contributed by atoms with Gasteiger partial charge in [0.2, 0.25) is 0 Å². The monoisotopic (exact) mass is 269 g/mol. The first kappa shape index (κ1) is 12.0. The van der Waals surface area contributed by atoms with Gasteiger partial charge in [-0.2, -0.15) is 0 Å². The summed E-state index contributed by atoms with van der Waals surface area (Å²) < 4.78 is 1.14. The van der Waals surface area contributed by atoms with Crippen LogP contribution >= 0.6 is 11.3 Å². The highest BCUT2D eigenvalue weighted by Gasteiger charge is 2.06. The molecule has 0 saturated carbocycles. The molecule has 96 valence electrons. The largest absolute Gasteiger partial charge is 0.397 e. The number of nitrogens with two attached hydrogens (primary N) is 1. The fourth-order valence-electron chi connectivity index (χ4n) is 2.05. The summed E-state index contributed by atoms with van der Waals surface area (Å²) >= 11 is 1.67. The van der Waals surface area contributed by atoms with Crippen LogP contribution in [0.4, 0.5) is 11.4 Å². The summed E-state index contributed by atoms with van der Waals surface area (Å²) in [6.07, 6.45) is 0. The SMILES string of the molecule is Cc1nc2cc(NCc3ccccc3)c(N)cc2s1. The van der Waals surface area contributed by atoms with Crippen LogP contribution in [0.3, 0.4) is 0 Å². The molecule has 3 aromatic rings. The van der Waals surface area contributed by atoms with Gasteiger partial charge >= 0.3 is 0 Å². The normalized spacial score (nSPS) is 10.8. The number of fused-ring (bicyclic) bond motifs is 1. The number of aryl methyl sites for hydroxylation is 1. The zero-order valence-corrected chi connectivity index (χ0v) is 11.5. The summed E-state index contributed by atoms with van der Waals surface area (Å²) in [4.78, 5) is 4.49. The van der Waals surface area contributed by atoms with Gasteiger partial charge in [-0.3, -0.25) is 0 Å². The summed E-state index contributed by atoms with van der Waals surface area (Å²) in [7, 11) is 0. The molecule has 3 nitrogen and oxygen atoms in total. The Labute approximate surface area is 116 Å². The molecule has 0 amide bonds. The van der Waals surface area contributed by atoms with Gasteiger partial charge in [-0.25, -0.2) is 4.98 Å². The van der Waals surface area contributed by atoms with E-state index in [9.17, 15) is 0 Å². The van der Waals surface area contributed by atoms with Crippen molar-refractivity contribution in [3.8, 4) is 0 Å². The van der Waals surface area contributed by atoms with Crippen molar-refractivity contribution in [1.82, 2.24) is 4.98 Å². The third-order valence-corrected chi connectivity index (χ3v) is 3.93. The Balaban J connectivity index is 1.86. The number of anilines is 2. The third kappa shape index (κ3) is 2.53. The van der Waals surface area contributed by atoms with Crippen LogP contribution in [0.2, 0.25) is 0 Å². The number of benzene rings is 2. The molecule has 0 radical (unpaired) electrons. The van der Waals surface area contributed by atoms with E-state index in [1.165, 1.54) is 5.56 Å². The van der Waals surface area contributed by atoms with Gasteiger partial charge in [-0.1, -0.05) is 30.3 Å². The summed E-state index contributed by atoms with van der Waals surface area (Å²) in [5.74, 6) is 0. The van der Waals surface area contributed by atoms with Crippen molar-refractivity contribution in [3.63, 3.8) is 0 Å². The molecule has 1 aromatic heterocycles. The number of nitrogens with one attached hydrogen (secondary N) is 1. The van der Waals surface area contributed by atoms with Gasteiger partial charge in [0.05, 0.1) is 26.6 Å². The number of hydrogen-bond donors (Lipinski definition) is 2. The smallest absolute Gasteiger partial charge is 0.0907 e. The lowest BCUT2D eigenvalue weighted by Crippen LogP contribution is -2.02. The average molecular weight is 269 g/mol. The van der Waals surface area contributed by atoms with Crippen molar-refractivity contribution in [2.24, 2.45) is 0 Å². The molecular weight excluding hydrogens is 254 g/mol. The summed E-state index contributed by atoms with van der Waals surface area (Å²) in [5, 5.41) is 4.43. The summed E-state index contributed by atoms with van der Waals surface area (Å²) in [6, 6.07) is 14.3. The standard InChI is InChI=1S/C15H15N3S/c1-10-18-14-8-13(12(16)7-15(14)19-10)17-9-11-5-3-2-4-6-11/h2-8,17H,9,16H2,1H3. The van der Waals surface area contributed by atoms with E-state index in [1.54, 1.807) is 11.3 Å². The molecule has 0 bridgehead atoms. The van der Waals surface area contributed by atoms with E-state index in [0.717, 1.165) is 33.1 Å². The van der Waals surface area contributed by atoms with Crippen molar-refractivity contribution >= 4 is 32.9 Å². The van der Waals surface area contributed by atoms with Gasteiger partial charge in [0.15, 0.2) is 0 Å². The molecule has 0 fully saturated rings.